The molecule has 0 atom stereocenters. The first-order valence-corrected chi connectivity index (χ1v) is 6.38. The van der Waals surface area contributed by atoms with E-state index in [-0.39, 0.29) is 5.91 Å². The number of nitrogens with one attached hydrogen (secondary N) is 1. The van der Waals surface area contributed by atoms with Crippen molar-refractivity contribution in [3.05, 3.63) is 0 Å². The van der Waals surface area contributed by atoms with Crippen molar-refractivity contribution in [2.45, 2.75) is 52.6 Å². The standard InChI is InChI=1S/C13H23N3O/c1-10(2)16(11(3)4)8-7-15-12(17)13(9-14)5-6-13/h10-11H,5-8H2,1-4H3,(H,15,17). The van der Waals surface area contributed by atoms with Gasteiger partial charge in [0.1, 0.15) is 5.41 Å². The van der Waals surface area contributed by atoms with Gasteiger partial charge in [0.05, 0.1) is 6.07 Å². The molecule has 0 aromatic heterocycles. The lowest BCUT2D eigenvalue weighted by Crippen LogP contribution is -2.43. The van der Waals surface area contributed by atoms with Crippen LogP contribution >= 0.6 is 0 Å². The van der Waals surface area contributed by atoms with Crippen molar-refractivity contribution in [3.63, 3.8) is 0 Å². The average molecular weight is 237 g/mol. The van der Waals surface area contributed by atoms with Gasteiger partial charge >= 0.3 is 0 Å². The van der Waals surface area contributed by atoms with Gasteiger partial charge in [-0.05, 0) is 40.5 Å². The minimum Gasteiger partial charge on any atom is -0.353 e. The first kappa shape index (κ1) is 14.0. The summed E-state index contributed by atoms with van der Waals surface area (Å²) < 4.78 is 0. The predicted octanol–water partition coefficient (Wildman–Crippen LogP) is 1.53. The van der Waals surface area contributed by atoms with Crippen LogP contribution in [0.4, 0.5) is 0 Å². The number of carbonyl (C=O) groups excluding carboxylic acids is 1. The molecule has 0 saturated heterocycles. The Bertz CT molecular complexity index is 305. The molecule has 1 N–H and O–H groups in total. The molecule has 0 radical (unpaired) electrons. The van der Waals surface area contributed by atoms with Crippen molar-refractivity contribution >= 4 is 5.91 Å². The molecule has 1 rings (SSSR count). The van der Waals surface area contributed by atoms with E-state index in [1.54, 1.807) is 0 Å². The van der Waals surface area contributed by atoms with Crippen LogP contribution in [0.5, 0.6) is 0 Å². The van der Waals surface area contributed by atoms with E-state index in [9.17, 15) is 4.79 Å². The second-order valence-corrected chi connectivity index (χ2v) is 5.38. The fourth-order valence-corrected chi connectivity index (χ4v) is 2.10. The number of nitriles is 1. The normalized spacial score (nSPS) is 17.3. The van der Waals surface area contributed by atoms with Gasteiger partial charge in [-0.1, -0.05) is 0 Å². The second kappa shape index (κ2) is 5.50. The van der Waals surface area contributed by atoms with E-state index >= 15 is 0 Å². The summed E-state index contributed by atoms with van der Waals surface area (Å²) in [7, 11) is 0. The topological polar surface area (TPSA) is 56.1 Å². The molecule has 0 aromatic rings. The van der Waals surface area contributed by atoms with Crippen molar-refractivity contribution in [1.29, 1.82) is 5.26 Å². The summed E-state index contributed by atoms with van der Waals surface area (Å²) >= 11 is 0. The monoisotopic (exact) mass is 237 g/mol. The highest BCUT2D eigenvalue weighted by Gasteiger charge is 2.50. The smallest absolute Gasteiger partial charge is 0.240 e. The van der Waals surface area contributed by atoms with Crippen LogP contribution in [-0.4, -0.2) is 36.0 Å². The molecule has 17 heavy (non-hydrogen) atoms. The van der Waals surface area contributed by atoms with E-state index in [2.05, 4.69) is 44.0 Å². The average Bonchev–Trinajstić information content (AvgIpc) is 3.03. The van der Waals surface area contributed by atoms with Gasteiger partial charge < -0.3 is 5.32 Å². The van der Waals surface area contributed by atoms with Crippen LogP contribution in [0.1, 0.15) is 40.5 Å². The molecule has 4 heteroatoms. The molecule has 0 aromatic carbocycles. The highest BCUT2D eigenvalue weighted by molar-refractivity contribution is 5.88. The Labute approximate surface area is 104 Å². The largest absolute Gasteiger partial charge is 0.353 e. The molecule has 0 unspecified atom stereocenters. The third kappa shape index (κ3) is 3.44. The molecular formula is C13H23N3O. The SMILES string of the molecule is CC(C)N(CCNC(=O)C1(C#N)CC1)C(C)C. The summed E-state index contributed by atoms with van der Waals surface area (Å²) in [6, 6.07) is 3.05. The minimum atomic E-state index is -0.694. The summed E-state index contributed by atoms with van der Waals surface area (Å²) in [6.45, 7) is 10.1. The summed E-state index contributed by atoms with van der Waals surface area (Å²) in [5.74, 6) is -0.0903. The molecule has 0 spiro atoms. The van der Waals surface area contributed by atoms with Crippen molar-refractivity contribution in [2.75, 3.05) is 13.1 Å². The van der Waals surface area contributed by atoms with Gasteiger partial charge in [-0.15, -0.1) is 0 Å². The van der Waals surface area contributed by atoms with Crippen LogP contribution in [0.25, 0.3) is 0 Å². The van der Waals surface area contributed by atoms with E-state index in [1.165, 1.54) is 0 Å². The quantitative estimate of drug-likeness (QED) is 0.762. The number of hydrogen-bond acceptors (Lipinski definition) is 3. The van der Waals surface area contributed by atoms with E-state index < -0.39 is 5.41 Å². The van der Waals surface area contributed by atoms with Crippen LogP contribution in [0.3, 0.4) is 0 Å². The molecule has 0 heterocycles. The molecular weight excluding hydrogens is 214 g/mol. The predicted molar refractivity (Wildman–Crippen MR) is 67.3 cm³/mol. The van der Waals surface area contributed by atoms with E-state index in [0.717, 1.165) is 6.54 Å². The molecule has 1 amide bonds. The Balaban J connectivity index is 2.32. The molecule has 96 valence electrons. The summed E-state index contributed by atoms with van der Waals surface area (Å²) in [5, 5.41) is 11.8. The fourth-order valence-electron chi connectivity index (χ4n) is 2.10. The zero-order valence-corrected chi connectivity index (χ0v) is 11.3. The van der Waals surface area contributed by atoms with E-state index in [1.807, 2.05) is 0 Å². The molecule has 4 nitrogen and oxygen atoms in total. The maximum absolute atomic E-state index is 11.7. The third-order valence-corrected chi connectivity index (χ3v) is 3.38. The molecule has 0 bridgehead atoms. The van der Waals surface area contributed by atoms with Gasteiger partial charge in [-0.2, -0.15) is 5.26 Å². The maximum Gasteiger partial charge on any atom is 0.240 e. The van der Waals surface area contributed by atoms with Gasteiger partial charge in [0.25, 0.3) is 0 Å². The van der Waals surface area contributed by atoms with Gasteiger partial charge in [-0.25, -0.2) is 0 Å². The van der Waals surface area contributed by atoms with E-state index in [4.69, 9.17) is 5.26 Å². The van der Waals surface area contributed by atoms with Crippen LogP contribution in [-0.2, 0) is 4.79 Å². The van der Waals surface area contributed by atoms with Gasteiger partial charge in [0.2, 0.25) is 5.91 Å². The summed E-state index contributed by atoms with van der Waals surface area (Å²) in [5.41, 5.74) is -0.694. The molecule has 1 aliphatic carbocycles. The number of amides is 1. The zero-order valence-electron chi connectivity index (χ0n) is 11.3. The Hall–Kier alpha value is -1.08. The fraction of sp³-hybridized carbons (Fsp3) is 0.846. The van der Waals surface area contributed by atoms with Crippen molar-refractivity contribution < 1.29 is 4.79 Å². The number of carbonyl (C=O) groups is 1. The lowest BCUT2D eigenvalue weighted by atomic mass is 10.1. The zero-order chi connectivity index (χ0) is 13.1. The van der Waals surface area contributed by atoms with Crippen molar-refractivity contribution in [3.8, 4) is 6.07 Å². The van der Waals surface area contributed by atoms with Crippen LogP contribution in [0.2, 0.25) is 0 Å². The molecule has 1 saturated carbocycles. The van der Waals surface area contributed by atoms with Crippen LogP contribution in [0.15, 0.2) is 0 Å². The second-order valence-electron chi connectivity index (χ2n) is 5.38. The highest BCUT2D eigenvalue weighted by Crippen LogP contribution is 2.44. The highest BCUT2D eigenvalue weighted by atomic mass is 16.2. The van der Waals surface area contributed by atoms with E-state index in [0.29, 0.717) is 31.5 Å². The number of hydrogen-bond donors (Lipinski definition) is 1. The summed E-state index contributed by atoms with van der Waals surface area (Å²) in [4.78, 5) is 14.1. The molecule has 0 aliphatic heterocycles. The van der Waals surface area contributed by atoms with Gasteiger partial charge in [0.15, 0.2) is 0 Å². The Morgan fingerprint density at radius 3 is 2.24 bits per heavy atom. The van der Waals surface area contributed by atoms with Gasteiger partial charge in [-0.3, -0.25) is 9.69 Å². The van der Waals surface area contributed by atoms with Crippen LogP contribution < -0.4 is 5.32 Å². The van der Waals surface area contributed by atoms with Crippen LogP contribution in [0, 0.1) is 16.7 Å². The van der Waals surface area contributed by atoms with Gasteiger partial charge in [0, 0.05) is 25.2 Å². The van der Waals surface area contributed by atoms with Crippen molar-refractivity contribution in [2.24, 2.45) is 5.41 Å². The molecule has 1 aliphatic rings. The number of nitrogens with zero attached hydrogens (tertiary/aromatic N) is 2. The number of rotatable bonds is 6. The third-order valence-electron chi connectivity index (χ3n) is 3.38. The Morgan fingerprint density at radius 2 is 1.88 bits per heavy atom. The first-order valence-electron chi connectivity index (χ1n) is 6.38. The maximum atomic E-state index is 11.7. The minimum absolute atomic E-state index is 0.0903. The Kier molecular flexibility index (Phi) is 4.53. The summed E-state index contributed by atoms with van der Waals surface area (Å²) in [6.07, 6.45) is 1.43. The lowest BCUT2D eigenvalue weighted by Gasteiger charge is -2.30. The Morgan fingerprint density at radius 1 is 1.35 bits per heavy atom. The first-order chi connectivity index (χ1) is 7.93. The molecule has 1 fully saturated rings. The lowest BCUT2D eigenvalue weighted by molar-refractivity contribution is -0.124. The van der Waals surface area contributed by atoms with Crippen molar-refractivity contribution in [1.82, 2.24) is 10.2 Å².